The second kappa shape index (κ2) is 7.41. The molecule has 1 aliphatic heterocycles. The number of ether oxygens (including phenoxy) is 1. The normalized spacial score (nSPS) is 19.2. The van der Waals surface area contributed by atoms with Gasteiger partial charge in [0.2, 0.25) is 5.91 Å². The lowest BCUT2D eigenvalue weighted by Crippen LogP contribution is -2.52. The van der Waals surface area contributed by atoms with Crippen molar-refractivity contribution < 1.29 is 9.53 Å². The fourth-order valence-corrected chi connectivity index (χ4v) is 3.00. The molecule has 1 amide bonds. The Balaban J connectivity index is 2.11. The molecule has 1 aromatic heterocycles. The van der Waals surface area contributed by atoms with Gasteiger partial charge in [0, 0.05) is 30.6 Å². The highest BCUT2D eigenvalue weighted by atomic mass is 32.1. The van der Waals surface area contributed by atoms with E-state index in [1.165, 1.54) is 4.88 Å². The van der Waals surface area contributed by atoms with Crippen LogP contribution in [-0.2, 0) is 16.1 Å². The predicted octanol–water partition coefficient (Wildman–Crippen LogP) is 0.00510. The largest absolute Gasteiger partial charge is 0.378 e. The van der Waals surface area contributed by atoms with Gasteiger partial charge in [-0.15, -0.1) is 11.3 Å². The number of likely N-dealkylation sites (N-methyl/N-ethyl adjacent to an activating group) is 1. The third-order valence-electron chi connectivity index (χ3n) is 3.21. The van der Waals surface area contributed by atoms with E-state index in [0.29, 0.717) is 26.3 Å². The fourth-order valence-electron chi connectivity index (χ4n) is 2.14. The van der Waals surface area contributed by atoms with Crippen molar-refractivity contribution in [3.05, 3.63) is 21.9 Å². The van der Waals surface area contributed by atoms with Gasteiger partial charge in [0.1, 0.15) is 6.04 Å². The molecule has 2 heterocycles. The van der Waals surface area contributed by atoms with E-state index in [1.54, 1.807) is 18.4 Å². The molecule has 0 bridgehead atoms. The minimum Gasteiger partial charge on any atom is -0.378 e. The number of thiophene rings is 1. The van der Waals surface area contributed by atoms with E-state index in [1.807, 2.05) is 11.4 Å². The average Bonchev–Trinajstić information content (AvgIpc) is 2.92. The maximum Gasteiger partial charge on any atom is 0.239 e. The average molecular weight is 293 g/mol. The standard InChI is InChI=1S/C14H19N3O2S/c1-16-14(18)12-10-19-7-6-17(12)9-13-11(3-2-5-15)4-8-20-13/h4,8,12H,5-7,9-10,15H2,1H3,(H,16,18). The van der Waals surface area contributed by atoms with Gasteiger partial charge in [-0.05, 0) is 11.4 Å². The summed E-state index contributed by atoms with van der Waals surface area (Å²) in [7, 11) is 1.65. The molecule has 2 rings (SSSR count). The van der Waals surface area contributed by atoms with E-state index in [-0.39, 0.29) is 11.9 Å². The van der Waals surface area contributed by atoms with Gasteiger partial charge >= 0.3 is 0 Å². The van der Waals surface area contributed by atoms with Crippen LogP contribution < -0.4 is 11.1 Å². The molecule has 0 aromatic carbocycles. The van der Waals surface area contributed by atoms with Crippen LogP contribution in [0, 0.1) is 11.8 Å². The molecular formula is C14H19N3O2S. The van der Waals surface area contributed by atoms with Gasteiger partial charge in [-0.25, -0.2) is 0 Å². The van der Waals surface area contributed by atoms with Gasteiger partial charge in [-0.3, -0.25) is 9.69 Å². The highest BCUT2D eigenvalue weighted by Crippen LogP contribution is 2.20. The summed E-state index contributed by atoms with van der Waals surface area (Å²) < 4.78 is 5.41. The Bertz CT molecular complexity index is 518. The monoisotopic (exact) mass is 293 g/mol. The van der Waals surface area contributed by atoms with Crippen LogP contribution in [0.25, 0.3) is 0 Å². The molecule has 0 spiro atoms. The SMILES string of the molecule is CNC(=O)C1COCCN1Cc1sccc1C#CCN. The third kappa shape index (κ3) is 3.58. The summed E-state index contributed by atoms with van der Waals surface area (Å²) in [5.41, 5.74) is 6.41. The highest BCUT2D eigenvalue weighted by Gasteiger charge is 2.29. The predicted molar refractivity (Wildman–Crippen MR) is 79.3 cm³/mol. The molecule has 0 saturated carbocycles. The van der Waals surface area contributed by atoms with E-state index < -0.39 is 0 Å². The Hall–Kier alpha value is -1.39. The Morgan fingerprint density at radius 3 is 3.30 bits per heavy atom. The van der Waals surface area contributed by atoms with Gasteiger partial charge in [-0.2, -0.15) is 0 Å². The number of carbonyl (C=O) groups is 1. The first-order valence-electron chi connectivity index (χ1n) is 6.55. The third-order valence-corrected chi connectivity index (χ3v) is 4.11. The minimum atomic E-state index is -0.230. The van der Waals surface area contributed by atoms with Crippen LogP contribution in [0.15, 0.2) is 11.4 Å². The Morgan fingerprint density at radius 2 is 2.55 bits per heavy atom. The van der Waals surface area contributed by atoms with Crippen molar-refractivity contribution in [2.75, 3.05) is 33.4 Å². The van der Waals surface area contributed by atoms with Crippen molar-refractivity contribution in [3.8, 4) is 11.8 Å². The van der Waals surface area contributed by atoms with Gasteiger partial charge in [0.05, 0.1) is 19.8 Å². The molecule has 1 unspecified atom stereocenters. The van der Waals surface area contributed by atoms with Crippen molar-refractivity contribution in [2.45, 2.75) is 12.6 Å². The molecule has 0 radical (unpaired) electrons. The second-order valence-corrected chi connectivity index (χ2v) is 5.44. The smallest absolute Gasteiger partial charge is 0.239 e. The highest BCUT2D eigenvalue weighted by molar-refractivity contribution is 7.10. The van der Waals surface area contributed by atoms with Crippen molar-refractivity contribution in [1.82, 2.24) is 10.2 Å². The molecule has 20 heavy (non-hydrogen) atoms. The number of nitrogens with two attached hydrogens (primary N) is 1. The fraction of sp³-hybridized carbons (Fsp3) is 0.500. The Kier molecular flexibility index (Phi) is 5.56. The molecule has 5 nitrogen and oxygen atoms in total. The molecular weight excluding hydrogens is 274 g/mol. The van der Waals surface area contributed by atoms with Crippen molar-refractivity contribution >= 4 is 17.2 Å². The summed E-state index contributed by atoms with van der Waals surface area (Å²) in [6, 6.07) is 1.77. The number of carbonyl (C=O) groups excluding carboxylic acids is 1. The first kappa shape index (κ1) is 15.0. The summed E-state index contributed by atoms with van der Waals surface area (Å²) in [6.07, 6.45) is 0. The maximum absolute atomic E-state index is 11.9. The van der Waals surface area contributed by atoms with E-state index in [4.69, 9.17) is 10.5 Å². The number of rotatable bonds is 3. The zero-order valence-electron chi connectivity index (χ0n) is 11.5. The Labute approximate surface area is 123 Å². The van der Waals surface area contributed by atoms with E-state index in [2.05, 4.69) is 22.1 Å². The summed E-state index contributed by atoms with van der Waals surface area (Å²) >= 11 is 1.66. The molecule has 1 atom stereocenters. The van der Waals surface area contributed by atoms with Crippen LogP contribution in [0.2, 0.25) is 0 Å². The van der Waals surface area contributed by atoms with Crippen LogP contribution in [0.3, 0.4) is 0 Å². The molecule has 108 valence electrons. The minimum absolute atomic E-state index is 0.00384. The van der Waals surface area contributed by atoms with Gasteiger partial charge in [-0.1, -0.05) is 11.8 Å². The van der Waals surface area contributed by atoms with Crippen LogP contribution in [0.1, 0.15) is 10.4 Å². The molecule has 1 saturated heterocycles. The molecule has 1 fully saturated rings. The van der Waals surface area contributed by atoms with Gasteiger partial charge in [0.15, 0.2) is 0 Å². The second-order valence-electron chi connectivity index (χ2n) is 4.44. The molecule has 6 heteroatoms. The number of nitrogens with one attached hydrogen (secondary N) is 1. The van der Waals surface area contributed by atoms with E-state index >= 15 is 0 Å². The zero-order valence-corrected chi connectivity index (χ0v) is 12.3. The van der Waals surface area contributed by atoms with Crippen LogP contribution in [0.4, 0.5) is 0 Å². The number of amides is 1. The van der Waals surface area contributed by atoms with Crippen molar-refractivity contribution in [1.29, 1.82) is 0 Å². The number of nitrogens with zero attached hydrogens (tertiary/aromatic N) is 1. The van der Waals surface area contributed by atoms with Crippen LogP contribution in [-0.4, -0.2) is 50.2 Å². The summed E-state index contributed by atoms with van der Waals surface area (Å²) in [5.74, 6) is 5.95. The van der Waals surface area contributed by atoms with Crippen molar-refractivity contribution in [2.24, 2.45) is 5.73 Å². The lowest BCUT2D eigenvalue weighted by Gasteiger charge is -2.33. The summed E-state index contributed by atoms with van der Waals surface area (Å²) in [5, 5.41) is 4.71. The maximum atomic E-state index is 11.9. The molecule has 1 aliphatic rings. The zero-order chi connectivity index (χ0) is 14.4. The topological polar surface area (TPSA) is 67.6 Å². The van der Waals surface area contributed by atoms with E-state index in [9.17, 15) is 4.79 Å². The molecule has 1 aromatic rings. The molecule has 0 aliphatic carbocycles. The lowest BCUT2D eigenvalue weighted by molar-refractivity contribution is -0.132. The summed E-state index contributed by atoms with van der Waals surface area (Å²) in [6.45, 7) is 2.92. The summed E-state index contributed by atoms with van der Waals surface area (Å²) in [4.78, 5) is 15.2. The lowest BCUT2D eigenvalue weighted by atomic mass is 10.2. The Morgan fingerprint density at radius 1 is 1.70 bits per heavy atom. The number of morpholine rings is 1. The van der Waals surface area contributed by atoms with E-state index in [0.717, 1.165) is 12.1 Å². The van der Waals surface area contributed by atoms with Crippen LogP contribution in [0.5, 0.6) is 0 Å². The number of hydrogen-bond donors (Lipinski definition) is 2. The van der Waals surface area contributed by atoms with Crippen LogP contribution >= 0.6 is 11.3 Å². The first-order valence-corrected chi connectivity index (χ1v) is 7.43. The first-order chi connectivity index (χ1) is 9.76. The number of hydrogen-bond acceptors (Lipinski definition) is 5. The van der Waals surface area contributed by atoms with Crippen molar-refractivity contribution in [3.63, 3.8) is 0 Å². The van der Waals surface area contributed by atoms with Gasteiger partial charge in [0.25, 0.3) is 0 Å². The van der Waals surface area contributed by atoms with Gasteiger partial charge < -0.3 is 15.8 Å². The quantitative estimate of drug-likeness (QED) is 0.770. The molecule has 3 N–H and O–H groups in total.